The van der Waals surface area contributed by atoms with E-state index in [0.29, 0.717) is 38.9 Å². The van der Waals surface area contributed by atoms with Gasteiger partial charge in [0.05, 0.1) is 27.4 Å². The highest BCUT2D eigenvalue weighted by Crippen LogP contribution is 2.38. The molecule has 178 valence electrons. The number of carboxylic acid groups (broad SMARTS) is 1. The Balaban J connectivity index is 1.83. The highest BCUT2D eigenvalue weighted by molar-refractivity contribution is 9.10. The molecule has 0 saturated carbocycles. The van der Waals surface area contributed by atoms with E-state index in [1.54, 1.807) is 48.5 Å². The Morgan fingerprint density at radius 2 is 1.86 bits per heavy atom. The van der Waals surface area contributed by atoms with E-state index in [-0.39, 0.29) is 17.7 Å². The number of carbonyl (C=O) groups is 2. The number of nitrogens with zero attached hydrogens (tertiary/aromatic N) is 1. The molecule has 0 radical (unpaired) electrons. The maximum absolute atomic E-state index is 12.6. The summed E-state index contributed by atoms with van der Waals surface area (Å²) in [4.78, 5) is 23.6. The number of carboxylic acids is 1. The second-order valence-corrected chi connectivity index (χ2v) is 8.42. The summed E-state index contributed by atoms with van der Waals surface area (Å²) in [6, 6.07) is 18.4. The van der Waals surface area contributed by atoms with Crippen LogP contribution in [0.25, 0.3) is 6.08 Å². The number of halogens is 2. The Morgan fingerprint density at radius 3 is 2.49 bits per heavy atom. The van der Waals surface area contributed by atoms with Gasteiger partial charge in [0, 0.05) is 0 Å². The minimum Gasteiger partial charge on any atom is -0.490 e. The monoisotopic (exact) mass is 554 g/mol. The van der Waals surface area contributed by atoms with Crippen molar-refractivity contribution in [3.05, 3.63) is 92.4 Å². The summed E-state index contributed by atoms with van der Waals surface area (Å²) < 4.78 is 12.2. The fourth-order valence-corrected chi connectivity index (χ4v) is 3.80. The van der Waals surface area contributed by atoms with Gasteiger partial charge >= 0.3 is 5.97 Å². The molecule has 9 heteroatoms. The van der Waals surface area contributed by atoms with Crippen LogP contribution in [0.3, 0.4) is 0 Å². The first-order valence-corrected chi connectivity index (χ1v) is 11.6. The fourth-order valence-electron chi connectivity index (χ4n) is 3.04. The van der Waals surface area contributed by atoms with E-state index in [1.165, 1.54) is 18.2 Å². The van der Waals surface area contributed by atoms with E-state index in [1.807, 2.05) is 13.0 Å². The quantitative estimate of drug-likeness (QED) is 0.236. The van der Waals surface area contributed by atoms with Crippen molar-refractivity contribution in [1.82, 2.24) is 0 Å². The standard InChI is InChI=1S/C26H20BrClN2O5/c1-2-34-23-13-17(11-19(14-29)25(31)30-22-6-4-3-5-21(22)28)12-20(27)24(23)35-15-16-7-9-18(10-8-16)26(32)33/h3-13H,2,15H2,1H3,(H,30,31)(H,32,33)/b19-11+. The number of hydrogen-bond donors (Lipinski definition) is 2. The smallest absolute Gasteiger partial charge is 0.335 e. The molecule has 0 saturated heterocycles. The van der Waals surface area contributed by atoms with Crippen LogP contribution in [0.4, 0.5) is 5.69 Å². The van der Waals surface area contributed by atoms with Crippen LogP contribution in [0.1, 0.15) is 28.4 Å². The molecule has 0 aliphatic heterocycles. The van der Waals surface area contributed by atoms with Crippen molar-refractivity contribution in [3.8, 4) is 17.6 Å². The highest BCUT2D eigenvalue weighted by atomic mass is 79.9. The second-order valence-electron chi connectivity index (χ2n) is 7.16. The third-order valence-corrected chi connectivity index (χ3v) is 5.63. The van der Waals surface area contributed by atoms with Crippen LogP contribution < -0.4 is 14.8 Å². The molecule has 0 heterocycles. The first-order chi connectivity index (χ1) is 16.8. The SMILES string of the molecule is CCOc1cc(/C=C(\C#N)C(=O)Nc2ccccc2Cl)cc(Br)c1OCc1ccc(C(=O)O)cc1. The largest absolute Gasteiger partial charge is 0.490 e. The van der Waals surface area contributed by atoms with Gasteiger partial charge in [0.1, 0.15) is 18.2 Å². The average Bonchev–Trinajstić information content (AvgIpc) is 2.83. The van der Waals surface area contributed by atoms with E-state index in [4.69, 9.17) is 26.2 Å². The molecule has 7 nitrogen and oxygen atoms in total. The zero-order chi connectivity index (χ0) is 25.4. The lowest BCUT2D eigenvalue weighted by atomic mass is 10.1. The molecule has 0 aliphatic rings. The minimum atomic E-state index is -1.00. The molecular weight excluding hydrogens is 536 g/mol. The number of benzene rings is 3. The van der Waals surface area contributed by atoms with Crippen LogP contribution in [-0.4, -0.2) is 23.6 Å². The topological polar surface area (TPSA) is 109 Å². The van der Waals surface area contributed by atoms with Crippen molar-refractivity contribution in [1.29, 1.82) is 5.26 Å². The molecule has 0 bridgehead atoms. The van der Waals surface area contributed by atoms with Crippen molar-refractivity contribution in [3.63, 3.8) is 0 Å². The number of carbonyl (C=O) groups excluding carboxylic acids is 1. The summed E-state index contributed by atoms with van der Waals surface area (Å²) >= 11 is 9.56. The molecule has 3 aromatic carbocycles. The van der Waals surface area contributed by atoms with Crippen molar-refractivity contribution in [2.45, 2.75) is 13.5 Å². The summed E-state index contributed by atoms with van der Waals surface area (Å²) in [5.74, 6) is -0.746. The number of amides is 1. The molecule has 0 unspecified atom stereocenters. The molecule has 3 aromatic rings. The van der Waals surface area contributed by atoms with Crippen molar-refractivity contribution < 1.29 is 24.2 Å². The number of rotatable bonds is 9. The molecule has 0 atom stereocenters. The van der Waals surface area contributed by atoms with Crippen LogP contribution in [0.2, 0.25) is 5.02 Å². The molecule has 35 heavy (non-hydrogen) atoms. The number of nitriles is 1. The Kier molecular flexibility index (Phi) is 8.90. The number of hydrogen-bond acceptors (Lipinski definition) is 5. The molecule has 3 rings (SSSR count). The van der Waals surface area contributed by atoms with E-state index in [0.717, 1.165) is 5.56 Å². The van der Waals surface area contributed by atoms with E-state index in [2.05, 4.69) is 21.2 Å². The van der Waals surface area contributed by atoms with Gasteiger partial charge in [-0.2, -0.15) is 5.26 Å². The maximum atomic E-state index is 12.6. The fraction of sp³-hybridized carbons (Fsp3) is 0.115. The van der Waals surface area contributed by atoms with Gasteiger partial charge in [-0.3, -0.25) is 4.79 Å². The molecule has 0 fully saturated rings. The molecule has 0 aromatic heterocycles. The first-order valence-electron chi connectivity index (χ1n) is 10.4. The first kappa shape index (κ1) is 25.8. The molecule has 0 aliphatic carbocycles. The van der Waals surface area contributed by atoms with Crippen molar-refractivity contribution in [2.75, 3.05) is 11.9 Å². The number of anilines is 1. The van der Waals surface area contributed by atoms with Gasteiger partial charge in [-0.15, -0.1) is 0 Å². The van der Waals surface area contributed by atoms with Gasteiger partial charge in [0.15, 0.2) is 11.5 Å². The van der Waals surface area contributed by atoms with E-state index in [9.17, 15) is 14.9 Å². The second kappa shape index (κ2) is 12.1. The zero-order valence-electron chi connectivity index (χ0n) is 18.5. The van der Waals surface area contributed by atoms with Crippen LogP contribution >= 0.6 is 27.5 Å². The number of para-hydroxylation sites is 1. The lowest BCUT2D eigenvalue weighted by Crippen LogP contribution is -2.13. The Bertz CT molecular complexity index is 1320. The van der Waals surface area contributed by atoms with Crippen molar-refractivity contribution >= 4 is 51.2 Å². The molecule has 0 spiro atoms. The van der Waals surface area contributed by atoms with Gasteiger partial charge < -0.3 is 19.9 Å². The van der Waals surface area contributed by atoms with Gasteiger partial charge in [-0.05, 0) is 76.5 Å². The normalized spacial score (nSPS) is 10.9. The van der Waals surface area contributed by atoms with Crippen LogP contribution in [0.15, 0.2) is 70.7 Å². The third kappa shape index (κ3) is 6.85. The van der Waals surface area contributed by atoms with Crippen molar-refractivity contribution in [2.24, 2.45) is 0 Å². The van der Waals surface area contributed by atoms with E-state index < -0.39 is 11.9 Å². The van der Waals surface area contributed by atoms with Gasteiger partial charge in [-0.1, -0.05) is 35.9 Å². The molecule has 2 N–H and O–H groups in total. The zero-order valence-corrected chi connectivity index (χ0v) is 20.9. The van der Waals surface area contributed by atoms with Gasteiger partial charge in [0.2, 0.25) is 0 Å². The highest BCUT2D eigenvalue weighted by Gasteiger charge is 2.15. The predicted octanol–water partition coefficient (Wildman–Crippen LogP) is 6.32. The summed E-state index contributed by atoms with van der Waals surface area (Å²) in [6.45, 7) is 2.36. The third-order valence-electron chi connectivity index (χ3n) is 4.71. The van der Waals surface area contributed by atoms with Crippen LogP contribution in [-0.2, 0) is 11.4 Å². The number of nitrogens with one attached hydrogen (secondary N) is 1. The van der Waals surface area contributed by atoms with Crippen LogP contribution in [0, 0.1) is 11.3 Å². The number of aromatic carboxylic acids is 1. The Hall–Kier alpha value is -3.80. The predicted molar refractivity (Wildman–Crippen MR) is 137 cm³/mol. The maximum Gasteiger partial charge on any atom is 0.335 e. The molecule has 1 amide bonds. The lowest BCUT2D eigenvalue weighted by molar-refractivity contribution is -0.112. The minimum absolute atomic E-state index is 0.119. The summed E-state index contributed by atoms with van der Waals surface area (Å²) in [6.07, 6.45) is 1.44. The summed E-state index contributed by atoms with van der Waals surface area (Å²) in [7, 11) is 0. The number of ether oxygens (including phenoxy) is 2. The average molecular weight is 556 g/mol. The summed E-state index contributed by atoms with van der Waals surface area (Å²) in [5, 5.41) is 21.6. The van der Waals surface area contributed by atoms with E-state index >= 15 is 0 Å². The Morgan fingerprint density at radius 1 is 1.14 bits per heavy atom. The Labute approximate surface area is 215 Å². The van der Waals surface area contributed by atoms with Crippen LogP contribution in [0.5, 0.6) is 11.5 Å². The van der Waals surface area contributed by atoms with Gasteiger partial charge in [0.25, 0.3) is 5.91 Å². The molecular formula is C26H20BrClN2O5. The summed E-state index contributed by atoms with van der Waals surface area (Å²) in [5.41, 5.74) is 1.79. The van der Waals surface area contributed by atoms with Gasteiger partial charge in [-0.25, -0.2) is 4.79 Å². The lowest BCUT2D eigenvalue weighted by Gasteiger charge is -2.15.